The molecule has 0 fully saturated rings. The van der Waals surface area contributed by atoms with Crippen LogP contribution in [0, 0.1) is 0 Å². The standard InChI is InChI=1S/C10H8F15O4P.2C4H11NO2/c11-4(12,1-2-29-30(26,27)28)3-5(13,14)6(15,16)7(17,18)8(19,20)9(21,22)10(23,24)25;2*6-3-1-5-2-4-7/h1-3H2,(H2,26,27,28);2*5-7H,1-4H2. The van der Waals surface area contributed by atoms with Gasteiger partial charge in [0.2, 0.25) is 0 Å². The molecule has 0 unspecified atom stereocenters. The van der Waals surface area contributed by atoms with Crippen LogP contribution >= 0.6 is 7.82 Å². The van der Waals surface area contributed by atoms with Crippen molar-refractivity contribution in [1.82, 2.24) is 10.6 Å². The summed E-state index contributed by atoms with van der Waals surface area (Å²) in [5, 5.41) is 38.2. The first-order valence-electron chi connectivity index (χ1n) is 11.4. The number of rotatable bonds is 18. The lowest BCUT2D eigenvalue weighted by atomic mass is 9.91. The van der Waals surface area contributed by atoms with Gasteiger partial charge in [-0.15, -0.1) is 0 Å². The maximum atomic E-state index is 13.3. The van der Waals surface area contributed by atoms with Gasteiger partial charge in [0.1, 0.15) is 0 Å². The fraction of sp³-hybridized carbons (Fsp3) is 1.00. The van der Waals surface area contributed by atoms with Crippen LogP contribution in [0.2, 0.25) is 0 Å². The highest BCUT2D eigenvalue weighted by Gasteiger charge is 2.90. The molecule has 0 rings (SSSR count). The van der Waals surface area contributed by atoms with Crippen LogP contribution in [0.1, 0.15) is 12.8 Å². The van der Waals surface area contributed by atoms with Gasteiger partial charge in [0.15, 0.2) is 0 Å². The van der Waals surface area contributed by atoms with Gasteiger partial charge in [0.05, 0.1) is 39.5 Å². The van der Waals surface area contributed by atoms with Crippen LogP contribution in [-0.2, 0) is 9.09 Å². The van der Waals surface area contributed by atoms with Crippen molar-refractivity contribution in [2.24, 2.45) is 0 Å². The van der Waals surface area contributed by atoms with Crippen LogP contribution in [0.25, 0.3) is 0 Å². The normalized spacial score (nSPS) is 14.0. The number of phosphoric acid groups is 1. The first-order chi connectivity index (χ1) is 19.5. The fourth-order valence-corrected chi connectivity index (χ4v) is 2.54. The molecule has 270 valence electrons. The Hall–Kier alpha value is -1.18. The molecule has 0 aliphatic heterocycles. The Morgan fingerprint density at radius 1 is 0.545 bits per heavy atom. The van der Waals surface area contributed by atoms with E-state index in [2.05, 4.69) is 15.2 Å². The van der Waals surface area contributed by atoms with Crippen LogP contribution in [0.4, 0.5) is 65.9 Å². The van der Waals surface area contributed by atoms with Crippen LogP contribution in [-0.4, -0.2) is 131 Å². The largest absolute Gasteiger partial charge is 0.469 e. The van der Waals surface area contributed by atoms with Gasteiger partial charge in [-0.2, -0.15) is 57.1 Å². The third kappa shape index (κ3) is 14.9. The Bertz CT molecular complexity index is 815. The van der Waals surface area contributed by atoms with Crippen molar-refractivity contribution in [3.05, 3.63) is 0 Å². The summed E-state index contributed by atoms with van der Waals surface area (Å²) in [5.74, 6) is -44.6. The average Bonchev–Trinajstić information content (AvgIpc) is 2.82. The molecule has 26 heteroatoms. The van der Waals surface area contributed by atoms with Gasteiger partial charge in [-0.05, 0) is 0 Å². The molecule has 0 bridgehead atoms. The van der Waals surface area contributed by atoms with Crippen molar-refractivity contribution in [2.75, 3.05) is 59.2 Å². The Kier molecular flexibility index (Phi) is 20.2. The summed E-state index contributed by atoms with van der Waals surface area (Å²) in [6.07, 6.45) is -13.7. The van der Waals surface area contributed by atoms with E-state index in [-0.39, 0.29) is 26.4 Å². The second-order valence-corrected chi connectivity index (χ2v) is 9.24. The third-order valence-electron chi connectivity index (χ3n) is 4.36. The van der Waals surface area contributed by atoms with E-state index in [0.717, 1.165) is 0 Å². The quantitative estimate of drug-likeness (QED) is 0.0598. The molecule has 0 aliphatic rings. The minimum absolute atomic E-state index is 0.139. The lowest BCUT2D eigenvalue weighted by Crippen LogP contribution is -2.70. The Morgan fingerprint density at radius 3 is 1.14 bits per heavy atom. The highest BCUT2D eigenvalue weighted by atomic mass is 31.2. The number of hydrogen-bond acceptors (Lipinski definition) is 8. The molecule has 0 aromatic rings. The van der Waals surface area contributed by atoms with E-state index in [1.54, 1.807) is 0 Å². The summed E-state index contributed by atoms with van der Waals surface area (Å²) in [5.41, 5.74) is 0. The van der Waals surface area contributed by atoms with Crippen LogP contribution in [0.15, 0.2) is 0 Å². The van der Waals surface area contributed by atoms with Crippen molar-refractivity contribution < 1.29 is 105 Å². The maximum absolute atomic E-state index is 13.3. The zero-order valence-corrected chi connectivity index (χ0v) is 22.8. The zero-order valence-electron chi connectivity index (χ0n) is 21.9. The van der Waals surface area contributed by atoms with Gasteiger partial charge in [-0.1, -0.05) is 0 Å². The number of halogens is 15. The second-order valence-electron chi connectivity index (χ2n) is 8.00. The Morgan fingerprint density at radius 2 is 0.864 bits per heavy atom. The molecule has 44 heavy (non-hydrogen) atoms. The summed E-state index contributed by atoms with van der Waals surface area (Å²) < 4.78 is 206. The minimum Gasteiger partial charge on any atom is -0.395 e. The number of aliphatic hydroxyl groups is 4. The maximum Gasteiger partial charge on any atom is 0.469 e. The smallest absolute Gasteiger partial charge is 0.395 e. The van der Waals surface area contributed by atoms with Crippen molar-refractivity contribution in [3.63, 3.8) is 0 Å². The van der Waals surface area contributed by atoms with E-state index in [1.807, 2.05) is 0 Å². The SMILES string of the molecule is O=P(O)(O)OCCC(F)(F)CC(F)(F)C(F)(F)C(F)(F)C(F)(F)C(F)(F)C(F)(F)F.OCCNCCO.OCCNCCO. The van der Waals surface area contributed by atoms with Crippen molar-refractivity contribution in [2.45, 2.75) is 54.6 Å². The van der Waals surface area contributed by atoms with Crippen LogP contribution in [0.5, 0.6) is 0 Å². The van der Waals surface area contributed by atoms with E-state index in [9.17, 15) is 70.4 Å². The molecular weight excluding hydrogens is 688 g/mol. The molecule has 0 radical (unpaired) electrons. The number of phosphoric ester groups is 1. The van der Waals surface area contributed by atoms with Gasteiger partial charge >= 0.3 is 43.6 Å². The Balaban J connectivity index is -0.000000982. The van der Waals surface area contributed by atoms with Gasteiger partial charge in [-0.25, -0.2) is 13.3 Å². The van der Waals surface area contributed by atoms with E-state index < -0.39 is 69.0 Å². The molecule has 0 saturated carbocycles. The summed E-state index contributed by atoms with van der Waals surface area (Å²) in [4.78, 5) is 16.3. The molecule has 0 aromatic carbocycles. The van der Waals surface area contributed by atoms with E-state index in [4.69, 9.17) is 30.2 Å². The molecular formula is C18H30F15N2O8P. The lowest BCUT2D eigenvalue weighted by molar-refractivity contribution is -0.441. The number of alkyl halides is 15. The highest BCUT2D eigenvalue weighted by molar-refractivity contribution is 7.46. The summed E-state index contributed by atoms with van der Waals surface area (Å²) in [7, 11) is -5.50. The zero-order chi connectivity index (χ0) is 35.9. The van der Waals surface area contributed by atoms with Gasteiger partial charge in [0, 0.05) is 32.6 Å². The monoisotopic (exact) mass is 718 g/mol. The fourth-order valence-electron chi connectivity index (χ4n) is 2.21. The van der Waals surface area contributed by atoms with Crippen LogP contribution < -0.4 is 10.6 Å². The second kappa shape index (κ2) is 18.8. The first-order valence-corrected chi connectivity index (χ1v) is 12.9. The topological polar surface area (TPSA) is 172 Å². The minimum atomic E-state index is -8.22. The molecule has 8 N–H and O–H groups in total. The summed E-state index contributed by atoms with van der Waals surface area (Å²) in [6, 6.07) is 0. The average molecular weight is 718 g/mol. The van der Waals surface area contributed by atoms with Crippen molar-refractivity contribution in [3.8, 4) is 0 Å². The summed E-state index contributed by atoms with van der Waals surface area (Å²) >= 11 is 0. The van der Waals surface area contributed by atoms with Crippen molar-refractivity contribution >= 4 is 7.82 Å². The van der Waals surface area contributed by atoms with E-state index in [0.29, 0.717) is 26.2 Å². The molecule has 0 spiro atoms. The number of hydrogen-bond donors (Lipinski definition) is 8. The first kappa shape index (κ1) is 47.2. The van der Waals surface area contributed by atoms with Crippen molar-refractivity contribution in [1.29, 1.82) is 0 Å². The third-order valence-corrected chi connectivity index (χ3v) is 4.88. The number of nitrogens with one attached hydrogen (secondary N) is 2. The molecule has 0 amide bonds. The molecule has 0 aromatic heterocycles. The summed E-state index contributed by atoms with van der Waals surface area (Å²) in [6.45, 7) is 0.972. The predicted molar refractivity (Wildman–Crippen MR) is 117 cm³/mol. The van der Waals surface area contributed by atoms with Gasteiger partial charge < -0.3 is 40.8 Å². The molecule has 0 heterocycles. The van der Waals surface area contributed by atoms with E-state index in [1.165, 1.54) is 0 Å². The lowest BCUT2D eigenvalue weighted by Gasteiger charge is -2.40. The van der Waals surface area contributed by atoms with Gasteiger partial charge in [-0.3, -0.25) is 4.52 Å². The highest BCUT2D eigenvalue weighted by Crippen LogP contribution is 2.61. The predicted octanol–water partition coefficient (Wildman–Crippen LogP) is 2.37. The van der Waals surface area contributed by atoms with Gasteiger partial charge in [0.25, 0.3) is 5.92 Å². The molecule has 0 aliphatic carbocycles. The molecule has 0 saturated heterocycles. The van der Waals surface area contributed by atoms with Crippen LogP contribution in [0.3, 0.4) is 0 Å². The molecule has 10 nitrogen and oxygen atoms in total. The molecule has 0 atom stereocenters. The Labute approximate surface area is 238 Å². The number of aliphatic hydroxyl groups excluding tert-OH is 4. The van der Waals surface area contributed by atoms with E-state index >= 15 is 0 Å².